The molecule has 112 valence electrons. The molecule has 0 saturated carbocycles. The molecular weight excluding hydrogens is 291 g/mol. The zero-order chi connectivity index (χ0) is 15.9. The molecule has 2 N–H and O–H groups in total. The third-order valence-electron chi connectivity index (χ3n) is 3.55. The maximum atomic E-state index is 13.8. The average Bonchev–Trinajstić information content (AvgIpc) is 2.91. The summed E-state index contributed by atoms with van der Waals surface area (Å²) in [5.41, 5.74) is 6.03. The van der Waals surface area contributed by atoms with E-state index >= 15 is 0 Å². The number of aromatic nitrogens is 1. The van der Waals surface area contributed by atoms with E-state index in [0.717, 1.165) is 12.3 Å². The van der Waals surface area contributed by atoms with Crippen LogP contribution in [0.3, 0.4) is 0 Å². The highest BCUT2D eigenvalue weighted by atomic mass is 19.1. The fourth-order valence-electron chi connectivity index (χ4n) is 2.55. The summed E-state index contributed by atoms with van der Waals surface area (Å²) >= 11 is 0. The summed E-state index contributed by atoms with van der Waals surface area (Å²) in [5.74, 6) is -0.957. The lowest BCUT2D eigenvalue weighted by Crippen LogP contribution is -2.22. The van der Waals surface area contributed by atoms with E-state index in [1.54, 1.807) is 17.0 Å². The van der Waals surface area contributed by atoms with E-state index in [-0.39, 0.29) is 22.9 Å². The molecule has 2 heterocycles. The van der Waals surface area contributed by atoms with E-state index in [2.05, 4.69) is 4.98 Å². The number of pyridine rings is 1. The minimum Gasteiger partial charge on any atom is -0.365 e. The number of fused-ring (bicyclic) bond motifs is 1. The predicted octanol–water partition coefficient (Wildman–Crippen LogP) is 1.92. The molecule has 0 radical (unpaired) electrons. The van der Waals surface area contributed by atoms with Crippen molar-refractivity contribution in [2.24, 2.45) is 5.73 Å². The molecule has 22 heavy (non-hydrogen) atoms. The van der Waals surface area contributed by atoms with Crippen molar-refractivity contribution >= 4 is 23.1 Å². The number of nitrogens with zero attached hydrogens (tertiary/aromatic N) is 3. The summed E-state index contributed by atoms with van der Waals surface area (Å²) in [5, 5.41) is 10.8. The summed E-state index contributed by atoms with van der Waals surface area (Å²) in [6.07, 6.45) is 1.51. The summed E-state index contributed by atoms with van der Waals surface area (Å²) in [6, 6.07) is 5.71. The highest BCUT2D eigenvalue weighted by Crippen LogP contribution is 2.36. The lowest BCUT2D eigenvalue weighted by molar-refractivity contribution is -0.385. The highest BCUT2D eigenvalue weighted by molar-refractivity contribution is 5.99. The van der Waals surface area contributed by atoms with E-state index in [1.807, 2.05) is 0 Å². The zero-order valence-electron chi connectivity index (χ0n) is 11.3. The molecule has 8 heteroatoms. The van der Waals surface area contributed by atoms with Gasteiger partial charge in [0.05, 0.1) is 10.5 Å². The second-order valence-electron chi connectivity index (χ2n) is 4.83. The topological polar surface area (TPSA) is 102 Å². The Morgan fingerprint density at radius 3 is 2.91 bits per heavy atom. The minimum absolute atomic E-state index is 0.0636. The van der Waals surface area contributed by atoms with E-state index in [4.69, 9.17) is 5.73 Å². The van der Waals surface area contributed by atoms with Crippen LogP contribution in [-0.2, 0) is 6.42 Å². The minimum atomic E-state index is -0.823. The van der Waals surface area contributed by atoms with Crippen LogP contribution in [0.5, 0.6) is 0 Å². The summed E-state index contributed by atoms with van der Waals surface area (Å²) < 4.78 is 13.8. The van der Waals surface area contributed by atoms with Crippen molar-refractivity contribution in [2.75, 3.05) is 11.4 Å². The molecule has 3 rings (SSSR count). The Hall–Kier alpha value is -3.03. The van der Waals surface area contributed by atoms with Crippen molar-refractivity contribution in [1.82, 2.24) is 4.98 Å². The van der Waals surface area contributed by atoms with Gasteiger partial charge in [-0.2, -0.15) is 0 Å². The van der Waals surface area contributed by atoms with Crippen molar-refractivity contribution < 1.29 is 14.1 Å². The van der Waals surface area contributed by atoms with Crippen LogP contribution in [0.2, 0.25) is 0 Å². The predicted molar refractivity (Wildman–Crippen MR) is 76.5 cm³/mol. The number of amides is 1. The summed E-state index contributed by atoms with van der Waals surface area (Å²) in [6.45, 7) is 0.418. The average molecular weight is 302 g/mol. The number of rotatable bonds is 3. The summed E-state index contributed by atoms with van der Waals surface area (Å²) in [4.78, 5) is 27.4. The first-order chi connectivity index (χ1) is 10.5. The van der Waals surface area contributed by atoms with Crippen LogP contribution in [0, 0.1) is 15.9 Å². The standard InChI is InChI=1S/C14H11FN4O3/c15-11-2-1-3-12-9(11)4-5-18(12)14-10(13(16)20)6-8(7-17-14)19(21)22/h1-3,6-7H,4-5H2,(H2,16,20). The molecule has 0 fully saturated rings. The normalized spacial score (nSPS) is 13.0. The van der Waals surface area contributed by atoms with Crippen LogP contribution in [0.25, 0.3) is 0 Å². The van der Waals surface area contributed by atoms with Crippen molar-refractivity contribution in [1.29, 1.82) is 0 Å². The molecule has 0 spiro atoms. The van der Waals surface area contributed by atoms with Crippen LogP contribution in [-0.4, -0.2) is 22.4 Å². The van der Waals surface area contributed by atoms with Crippen molar-refractivity contribution in [3.05, 3.63) is 57.5 Å². The van der Waals surface area contributed by atoms with E-state index < -0.39 is 10.8 Å². The third-order valence-corrected chi connectivity index (χ3v) is 3.55. The zero-order valence-corrected chi connectivity index (χ0v) is 11.3. The van der Waals surface area contributed by atoms with E-state index in [1.165, 1.54) is 6.07 Å². The van der Waals surface area contributed by atoms with Crippen LogP contribution >= 0.6 is 0 Å². The van der Waals surface area contributed by atoms with Crippen molar-refractivity contribution in [3.8, 4) is 0 Å². The molecule has 2 aromatic rings. The Bertz CT molecular complexity index is 794. The van der Waals surface area contributed by atoms with Gasteiger partial charge in [0.15, 0.2) is 0 Å². The molecule has 1 aliphatic heterocycles. The van der Waals surface area contributed by atoms with Crippen molar-refractivity contribution in [3.63, 3.8) is 0 Å². The van der Waals surface area contributed by atoms with E-state index in [0.29, 0.717) is 24.2 Å². The molecule has 1 aromatic heterocycles. The number of hydrogen-bond donors (Lipinski definition) is 1. The maximum Gasteiger partial charge on any atom is 0.288 e. The quantitative estimate of drug-likeness (QED) is 0.689. The Kier molecular flexibility index (Phi) is 3.21. The van der Waals surface area contributed by atoms with Gasteiger partial charge >= 0.3 is 0 Å². The second-order valence-corrected chi connectivity index (χ2v) is 4.83. The first-order valence-corrected chi connectivity index (χ1v) is 6.48. The van der Waals surface area contributed by atoms with Gasteiger partial charge in [0.1, 0.15) is 17.8 Å². The second kappa shape index (κ2) is 5.06. The van der Waals surface area contributed by atoms with Gasteiger partial charge in [-0.25, -0.2) is 9.37 Å². The number of carbonyl (C=O) groups excluding carboxylic acids is 1. The molecular formula is C14H11FN4O3. The number of halogens is 1. The van der Waals surface area contributed by atoms with Gasteiger partial charge < -0.3 is 10.6 Å². The molecule has 0 unspecified atom stereocenters. The van der Waals surface area contributed by atoms with Gasteiger partial charge in [-0.05, 0) is 18.6 Å². The Balaban J connectivity index is 2.13. The molecule has 0 bridgehead atoms. The van der Waals surface area contributed by atoms with E-state index in [9.17, 15) is 19.3 Å². The fraction of sp³-hybridized carbons (Fsp3) is 0.143. The van der Waals surface area contributed by atoms with Gasteiger partial charge in [-0.1, -0.05) is 6.07 Å². The lowest BCUT2D eigenvalue weighted by Gasteiger charge is -2.20. The first kappa shape index (κ1) is 13.9. The maximum absolute atomic E-state index is 13.8. The Morgan fingerprint density at radius 1 is 1.45 bits per heavy atom. The van der Waals surface area contributed by atoms with Gasteiger partial charge in [-0.15, -0.1) is 0 Å². The number of hydrogen-bond acceptors (Lipinski definition) is 5. The summed E-state index contributed by atoms with van der Waals surface area (Å²) in [7, 11) is 0. The van der Waals surface area contributed by atoms with Gasteiger partial charge in [-0.3, -0.25) is 14.9 Å². The van der Waals surface area contributed by atoms with Gasteiger partial charge in [0, 0.05) is 23.9 Å². The lowest BCUT2D eigenvalue weighted by atomic mass is 10.1. The molecule has 1 aliphatic rings. The number of primary amides is 1. The molecule has 7 nitrogen and oxygen atoms in total. The van der Waals surface area contributed by atoms with Crippen LogP contribution in [0.4, 0.5) is 21.6 Å². The van der Waals surface area contributed by atoms with Crippen LogP contribution < -0.4 is 10.6 Å². The molecule has 0 atom stereocenters. The van der Waals surface area contributed by atoms with Gasteiger partial charge in [0.25, 0.3) is 11.6 Å². The fourth-order valence-corrected chi connectivity index (χ4v) is 2.55. The smallest absolute Gasteiger partial charge is 0.288 e. The Labute approximate surface area is 124 Å². The molecule has 1 amide bonds. The van der Waals surface area contributed by atoms with Crippen LogP contribution in [0.1, 0.15) is 15.9 Å². The monoisotopic (exact) mass is 302 g/mol. The van der Waals surface area contributed by atoms with Gasteiger partial charge in [0.2, 0.25) is 0 Å². The van der Waals surface area contributed by atoms with Crippen LogP contribution in [0.15, 0.2) is 30.5 Å². The Morgan fingerprint density at radius 2 is 2.23 bits per heavy atom. The number of benzene rings is 1. The molecule has 1 aromatic carbocycles. The highest BCUT2D eigenvalue weighted by Gasteiger charge is 2.28. The first-order valence-electron chi connectivity index (χ1n) is 6.48. The number of anilines is 2. The third kappa shape index (κ3) is 2.14. The number of nitro groups is 1. The number of carbonyl (C=O) groups is 1. The molecule has 0 aliphatic carbocycles. The molecule has 0 saturated heterocycles. The SMILES string of the molecule is NC(=O)c1cc([N+](=O)[O-])cnc1N1CCc2c(F)cccc21. The number of nitrogens with two attached hydrogens (primary N) is 1. The van der Waals surface area contributed by atoms with Crippen molar-refractivity contribution in [2.45, 2.75) is 6.42 Å². The largest absolute Gasteiger partial charge is 0.365 e.